The summed E-state index contributed by atoms with van der Waals surface area (Å²) in [6.45, 7) is 0.179. The van der Waals surface area contributed by atoms with Gasteiger partial charge in [-0.3, -0.25) is 19.3 Å². The first-order chi connectivity index (χ1) is 17.0. The fraction of sp³-hybridized carbons (Fsp3) is 0.179. The van der Waals surface area contributed by atoms with Crippen LogP contribution in [0.5, 0.6) is 0 Å². The Hall–Kier alpha value is -3.41. The number of benzene rings is 3. The number of carbonyl (C=O) groups is 3. The lowest BCUT2D eigenvalue weighted by atomic mass is 9.83. The van der Waals surface area contributed by atoms with E-state index in [2.05, 4.69) is 0 Å². The Morgan fingerprint density at radius 3 is 2.34 bits per heavy atom. The minimum atomic E-state index is -0.856. The van der Waals surface area contributed by atoms with Crippen molar-refractivity contribution in [2.45, 2.75) is 18.6 Å². The quantitative estimate of drug-likeness (QED) is 0.354. The molecule has 3 aliphatic heterocycles. The smallest absolute Gasteiger partial charge is 0.236 e. The number of halogens is 2. The summed E-state index contributed by atoms with van der Waals surface area (Å²) in [7, 11) is 0. The number of nitrogens with zero attached hydrogens (tertiary/aromatic N) is 2. The second kappa shape index (κ2) is 8.36. The van der Waals surface area contributed by atoms with E-state index in [9.17, 15) is 14.4 Å². The van der Waals surface area contributed by atoms with E-state index in [4.69, 9.17) is 23.2 Å². The highest BCUT2D eigenvalue weighted by Crippen LogP contribution is 2.53. The largest absolute Gasteiger partial charge is 0.358 e. The standard InChI is InChI=1S/C28H20Cl2N2O3/c29-18-10-11-20(21(30)14-18)26(33)25-23-22(24-19-9-5-4-8-17(19)12-13-31(24)25)27(34)32(28(23)35)15-16-6-2-1-3-7-16/h1-14,22-25H,15H2/t22-,23+,24?,25-/m0/s1. The number of hydrogen-bond donors (Lipinski definition) is 0. The van der Waals surface area contributed by atoms with Crippen molar-refractivity contribution < 1.29 is 14.4 Å². The van der Waals surface area contributed by atoms with E-state index in [0.717, 1.165) is 16.7 Å². The summed E-state index contributed by atoms with van der Waals surface area (Å²) in [5, 5.41) is 0.642. The van der Waals surface area contributed by atoms with Crippen LogP contribution in [0.4, 0.5) is 0 Å². The first-order valence-electron chi connectivity index (χ1n) is 11.4. The van der Waals surface area contributed by atoms with Gasteiger partial charge in [0.15, 0.2) is 5.78 Å². The van der Waals surface area contributed by atoms with Crippen molar-refractivity contribution in [2.24, 2.45) is 11.8 Å². The van der Waals surface area contributed by atoms with Crippen LogP contribution in [0.25, 0.3) is 6.08 Å². The number of Topliss-reactive ketones (excluding diaryl/α,β-unsaturated/α-hetero) is 1. The van der Waals surface area contributed by atoms with Crippen molar-refractivity contribution in [3.05, 3.63) is 111 Å². The molecule has 0 spiro atoms. The van der Waals surface area contributed by atoms with Crippen molar-refractivity contribution in [1.82, 2.24) is 9.80 Å². The fourth-order valence-electron chi connectivity index (χ4n) is 5.69. The molecule has 0 radical (unpaired) electrons. The lowest BCUT2D eigenvalue weighted by Crippen LogP contribution is -2.44. The maximum absolute atomic E-state index is 13.9. The number of carbonyl (C=O) groups excluding carboxylic acids is 3. The average molecular weight is 503 g/mol. The molecule has 0 aromatic heterocycles. The summed E-state index contributed by atoms with van der Waals surface area (Å²) in [5.74, 6) is -2.35. The highest BCUT2D eigenvalue weighted by molar-refractivity contribution is 6.37. The monoisotopic (exact) mass is 502 g/mol. The van der Waals surface area contributed by atoms with Gasteiger partial charge >= 0.3 is 0 Å². The normalized spacial score (nSPS) is 24.4. The van der Waals surface area contributed by atoms with Gasteiger partial charge in [0.1, 0.15) is 6.04 Å². The lowest BCUT2D eigenvalue weighted by Gasteiger charge is -2.35. The zero-order chi connectivity index (χ0) is 24.3. The van der Waals surface area contributed by atoms with Gasteiger partial charge in [0.2, 0.25) is 11.8 Å². The van der Waals surface area contributed by atoms with Crippen molar-refractivity contribution in [1.29, 1.82) is 0 Å². The molecule has 0 bridgehead atoms. The number of ketones is 1. The summed E-state index contributed by atoms with van der Waals surface area (Å²) in [6.07, 6.45) is 3.76. The highest BCUT2D eigenvalue weighted by Gasteiger charge is 2.64. The molecule has 35 heavy (non-hydrogen) atoms. The third kappa shape index (κ3) is 3.41. The zero-order valence-corrected chi connectivity index (χ0v) is 20.0. The molecule has 0 aliphatic carbocycles. The third-order valence-electron chi connectivity index (χ3n) is 7.20. The minimum absolute atomic E-state index is 0.179. The predicted octanol–water partition coefficient (Wildman–Crippen LogP) is 5.39. The van der Waals surface area contributed by atoms with Gasteiger partial charge in [0.05, 0.1) is 29.4 Å². The van der Waals surface area contributed by atoms with Gasteiger partial charge in [0, 0.05) is 16.8 Å². The fourth-order valence-corrected chi connectivity index (χ4v) is 6.19. The van der Waals surface area contributed by atoms with Gasteiger partial charge < -0.3 is 4.90 Å². The number of hydrogen-bond acceptors (Lipinski definition) is 4. The molecule has 3 aromatic carbocycles. The summed E-state index contributed by atoms with van der Waals surface area (Å²) in [6, 6.07) is 20.6. The minimum Gasteiger partial charge on any atom is -0.358 e. The van der Waals surface area contributed by atoms with Crippen LogP contribution < -0.4 is 0 Å². The zero-order valence-electron chi connectivity index (χ0n) is 18.5. The first-order valence-corrected chi connectivity index (χ1v) is 12.1. The molecule has 2 amide bonds. The predicted molar refractivity (Wildman–Crippen MR) is 134 cm³/mol. The van der Waals surface area contributed by atoms with Crippen molar-refractivity contribution in [3.8, 4) is 0 Å². The second-order valence-electron chi connectivity index (χ2n) is 9.07. The van der Waals surface area contributed by atoms with Crippen LogP contribution in [-0.2, 0) is 16.1 Å². The van der Waals surface area contributed by atoms with Gasteiger partial charge in [-0.2, -0.15) is 0 Å². The Labute approximate surface area is 212 Å². The van der Waals surface area contributed by atoms with Crippen LogP contribution in [0.2, 0.25) is 10.0 Å². The molecule has 2 saturated heterocycles. The molecule has 6 rings (SSSR count). The van der Waals surface area contributed by atoms with Crippen molar-refractivity contribution in [2.75, 3.05) is 0 Å². The molecule has 174 valence electrons. The highest BCUT2D eigenvalue weighted by atomic mass is 35.5. The van der Waals surface area contributed by atoms with Crippen molar-refractivity contribution in [3.63, 3.8) is 0 Å². The Morgan fingerprint density at radius 1 is 0.857 bits per heavy atom. The van der Waals surface area contributed by atoms with E-state index < -0.39 is 23.9 Å². The molecule has 0 saturated carbocycles. The van der Waals surface area contributed by atoms with Crippen LogP contribution >= 0.6 is 23.2 Å². The van der Waals surface area contributed by atoms with E-state index in [1.807, 2.05) is 71.8 Å². The Kier molecular flexibility index (Phi) is 5.28. The average Bonchev–Trinajstić information content (AvgIpc) is 3.33. The Morgan fingerprint density at radius 2 is 1.57 bits per heavy atom. The van der Waals surface area contributed by atoms with E-state index in [1.165, 1.54) is 11.0 Å². The topological polar surface area (TPSA) is 57.7 Å². The molecule has 3 aliphatic rings. The van der Waals surface area contributed by atoms with E-state index in [1.54, 1.807) is 12.1 Å². The molecule has 7 heteroatoms. The van der Waals surface area contributed by atoms with Gasteiger partial charge in [-0.1, -0.05) is 77.8 Å². The molecule has 3 aromatic rings. The molecule has 3 heterocycles. The van der Waals surface area contributed by atoms with Crippen LogP contribution in [0, 0.1) is 11.8 Å². The SMILES string of the molecule is O=C(c1ccc(Cl)cc1Cl)[C@@H]1[C@@H]2C(=O)N(Cc3ccccc3)C(=O)[C@@H]2C2c3ccccc3C=CN21. The van der Waals surface area contributed by atoms with Crippen LogP contribution in [0.3, 0.4) is 0 Å². The summed E-state index contributed by atoms with van der Waals surface area (Å²) in [5.41, 5.74) is 3.06. The summed E-state index contributed by atoms with van der Waals surface area (Å²) < 4.78 is 0. The number of imide groups is 1. The molecule has 5 nitrogen and oxygen atoms in total. The van der Waals surface area contributed by atoms with Crippen molar-refractivity contribution >= 4 is 46.9 Å². The van der Waals surface area contributed by atoms with Gasteiger partial charge in [0.25, 0.3) is 0 Å². The van der Waals surface area contributed by atoms with E-state index >= 15 is 0 Å². The van der Waals surface area contributed by atoms with Gasteiger partial charge in [-0.15, -0.1) is 0 Å². The third-order valence-corrected chi connectivity index (χ3v) is 7.75. The van der Waals surface area contributed by atoms with E-state index in [-0.39, 0.29) is 34.7 Å². The number of rotatable bonds is 4. The van der Waals surface area contributed by atoms with Crippen LogP contribution in [-0.4, -0.2) is 33.4 Å². The van der Waals surface area contributed by atoms with Gasteiger partial charge in [-0.25, -0.2) is 0 Å². The molecular formula is C28H20Cl2N2O3. The summed E-state index contributed by atoms with van der Waals surface area (Å²) in [4.78, 5) is 44.7. The molecule has 0 N–H and O–H groups in total. The number of likely N-dealkylation sites (tertiary alicyclic amines) is 1. The van der Waals surface area contributed by atoms with Gasteiger partial charge in [-0.05, 0) is 41.0 Å². The Bertz CT molecular complexity index is 1400. The molecule has 2 fully saturated rings. The molecular weight excluding hydrogens is 483 g/mol. The number of fused-ring (bicyclic) bond motifs is 5. The number of amides is 2. The first kappa shape index (κ1) is 22.1. The maximum atomic E-state index is 13.9. The molecule has 4 atom stereocenters. The summed E-state index contributed by atoms with van der Waals surface area (Å²) >= 11 is 12.5. The maximum Gasteiger partial charge on any atom is 0.236 e. The van der Waals surface area contributed by atoms with Crippen LogP contribution in [0.15, 0.2) is 79.0 Å². The second-order valence-corrected chi connectivity index (χ2v) is 9.91. The van der Waals surface area contributed by atoms with E-state index in [0.29, 0.717) is 5.02 Å². The van der Waals surface area contributed by atoms with Crippen LogP contribution in [0.1, 0.15) is 33.1 Å². The lowest BCUT2D eigenvalue weighted by molar-refractivity contribution is -0.142. The Balaban J connectivity index is 1.46. The molecule has 1 unspecified atom stereocenters.